The highest BCUT2D eigenvalue weighted by molar-refractivity contribution is 6.35. The molecule has 0 aromatic rings. The molecule has 1 atom stereocenters. The van der Waals surface area contributed by atoms with Crippen molar-refractivity contribution in [3.05, 3.63) is 0 Å². The molecule has 2 rings (SSSR count). The summed E-state index contributed by atoms with van der Waals surface area (Å²) >= 11 is 0. The van der Waals surface area contributed by atoms with Crippen molar-refractivity contribution in [3.63, 3.8) is 0 Å². The minimum atomic E-state index is -0.450. The van der Waals surface area contributed by atoms with Gasteiger partial charge in [-0.15, -0.1) is 0 Å². The van der Waals surface area contributed by atoms with Crippen molar-refractivity contribution in [2.24, 2.45) is 5.92 Å². The van der Waals surface area contributed by atoms with Crippen molar-refractivity contribution in [2.45, 2.75) is 19.8 Å². The van der Waals surface area contributed by atoms with Crippen molar-refractivity contribution in [1.29, 1.82) is 0 Å². The highest BCUT2D eigenvalue weighted by atomic mass is 16.2. The third-order valence-electron chi connectivity index (χ3n) is 4.06. The summed E-state index contributed by atoms with van der Waals surface area (Å²) in [6, 6.07) is 0. The van der Waals surface area contributed by atoms with Gasteiger partial charge in [0.05, 0.1) is 0 Å². The minimum absolute atomic E-state index is 0.364. The summed E-state index contributed by atoms with van der Waals surface area (Å²) in [5.41, 5.74) is 0. The zero-order valence-corrected chi connectivity index (χ0v) is 12.4. The van der Waals surface area contributed by atoms with Gasteiger partial charge in [-0.1, -0.05) is 6.92 Å². The van der Waals surface area contributed by atoms with Crippen molar-refractivity contribution < 1.29 is 9.59 Å². The Morgan fingerprint density at radius 1 is 1.25 bits per heavy atom. The highest BCUT2D eigenvalue weighted by Gasteiger charge is 2.25. The first-order valence-electron chi connectivity index (χ1n) is 7.67. The largest absolute Gasteiger partial charge is 0.347 e. The summed E-state index contributed by atoms with van der Waals surface area (Å²) in [6.45, 7) is 8.93. The summed E-state index contributed by atoms with van der Waals surface area (Å²) in [4.78, 5) is 27.9. The molecule has 1 unspecified atom stereocenters. The molecule has 2 aliphatic rings. The number of hydrogen-bond acceptors (Lipinski definition) is 4. The topological polar surface area (TPSA) is 64.7 Å². The fourth-order valence-electron chi connectivity index (χ4n) is 2.86. The number of rotatable bonds is 3. The van der Waals surface area contributed by atoms with E-state index in [-0.39, 0.29) is 5.91 Å². The molecule has 2 amide bonds. The predicted octanol–water partition coefficient (Wildman–Crippen LogP) is -0.734. The van der Waals surface area contributed by atoms with Gasteiger partial charge in [0.25, 0.3) is 0 Å². The number of carbonyl (C=O) groups excluding carboxylic acids is 2. The Balaban J connectivity index is 1.66. The zero-order chi connectivity index (χ0) is 14.4. The molecule has 0 bridgehead atoms. The lowest BCUT2D eigenvalue weighted by atomic mass is 10.0. The van der Waals surface area contributed by atoms with Crippen LogP contribution in [0.5, 0.6) is 0 Å². The SMILES string of the molecule is CC1CCCN(C(=O)C(=O)NCCN2CCNCC2)C1. The minimum Gasteiger partial charge on any atom is -0.347 e. The van der Waals surface area contributed by atoms with Crippen molar-refractivity contribution in [3.8, 4) is 0 Å². The van der Waals surface area contributed by atoms with Crippen LogP contribution in [-0.4, -0.2) is 74.0 Å². The molecular weight excluding hydrogens is 256 g/mol. The lowest BCUT2D eigenvalue weighted by molar-refractivity contribution is -0.147. The number of nitrogens with one attached hydrogen (secondary N) is 2. The van der Waals surface area contributed by atoms with Gasteiger partial charge in [-0.3, -0.25) is 14.5 Å². The summed E-state index contributed by atoms with van der Waals surface area (Å²) in [7, 11) is 0. The second-order valence-electron chi connectivity index (χ2n) is 5.85. The first-order chi connectivity index (χ1) is 9.66. The quantitative estimate of drug-likeness (QED) is 0.670. The van der Waals surface area contributed by atoms with Crippen LogP contribution in [0.2, 0.25) is 0 Å². The van der Waals surface area contributed by atoms with E-state index in [9.17, 15) is 9.59 Å². The van der Waals surface area contributed by atoms with Crippen molar-refractivity contribution in [2.75, 3.05) is 52.4 Å². The molecular formula is C14H26N4O2. The standard InChI is InChI=1S/C14H26N4O2/c1-12-3-2-7-18(11-12)14(20)13(19)16-6-10-17-8-4-15-5-9-17/h12,15H,2-11H2,1H3,(H,16,19). The van der Waals surface area contributed by atoms with Crippen LogP contribution in [0.15, 0.2) is 0 Å². The van der Waals surface area contributed by atoms with Gasteiger partial charge >= 0.3 is 11.8 Å². The maximum absolute atomic E-state index is 12.0. The van der Waals surface area contributed by atoms with E-state index in [0.29, 0.717) is 25.6 Å². The van der Waals surface area contributed by atoms with Gasteiger partial charge in [0.15, 0.2) is 0 Å². The van der Waals surface area contributed by atoms with Gasteiger partial charge in [0.1, 0.15) is 0 Å². The summed E-state index contributed by atoms with van der Waals surface area (Å²) < 4.78 is 0. The highest BCUT2D eigenvalue weighted by Crippen LogP contribution is 2.15. The molecule has 2 heterocycles. The Labute approximate surface area is 120 Å². The average molecular weight is 282 g/mol. The van der Waals surface area contributed by atoms with Gasteiger partial charge in [-0.2, -0.15) is 0 Å². The maximum atomic E-state index is 12.0. The van der Waals surface area contributed by atoms with E-state index < -0.39 is 5.91 Å². The second kappa shape index (κ2) is 7.59. The summed E-state index contributed by atoms with van der Waals surface area (Å²) in [5.74, 6) is -0.313. The zero-order valence-electron chi connectivity index (χ0n) is 12.4. The van der Waals surface area contributed by atoms with E-state index in [4.69, 9.17) is 0 Å². The molecule has 20 heavy (non-hydrogen) atoms. The number of amides is 2. The van der Waals surface area contributed by atoms with Crippen LogP contribution >= 0.6 is 0 Å². The molecule has 0 aliphatic carbocycles. The molecule has 0 aromatic carbocycles. The van der Waals surface area contributed by atoms with Gasteiger partial charge in [0, 0.05) is 52.4 Å². The van der Waals surface area contributed by atoms with Gasteiger partial charge in [-0.25, -0.2) is 0 Å². The molecule has 6 nitrogen and oxygen atoms in total. The Bertz CT molecular complexity index is 342. The lowest BCUT2D eigenvalue weighted by Crippen LogP contribution is -2.49. The molecule has 2 N–H and O–H groups in total. The van der Waals surface area contributed by atoms with Crippen LogP contribution in [0.1, 0.15) is 19.8 Å². The predicted molar refractivity (Wildman–Crippen MR) is 77.3 cm³/mol. The van der Waals surface area contributed by atoms with Crippen LogP contribution in [0.25, 0.3) is 0 Å². The number of piperazine rings is 1. The van der Waals surface area contributed by atoms with Crippen LogP contribution in [0, 0.1) is 5.92 Å². The van der Waals surface area contributed by atoms with Gasteiger partial charge in [-0.05, 0) is 18.8 Å². The Kier molecular flexibility index (Phi) is 5.79. The van der Waals surface area contributed by atoms with Crippen molar-refractivity contribution >= 4 is 11.8 Å². The molecule has 0 radical (unpaired) electrons. The van der Waals surface area contributed by atoms with Gasteiger partial charge < -0.3 is 15.5 Å². The van der Waals surface area contributed by atoms with Crippen LogP contribution in [0.4, 0.5) is 0 Å². The van der Waals surface area contributed by atoms with E-state index in [1.165, 1.54) is 0 Å². The lowest BCUT2D eigenvalue weighted by Gasteiger charge is -2.30. The molecule has 114 valence electrons. The molecule has 0 aromatic heterocycles. The molecule has 2 saturated heterocycles. The van der Waals surface area contributed by atoms with E-state index in [2.05, 4.69) is 22.5 Å². The van der Waals surface area contributed by atoms with E-state index >= 15 is 0 Å². The van der Waals surface area contributed by atoms with Crippen LogP contribution in [0.3, 0.4) is 0 Å². The number of nitrogens with zero attached hydrogens (tertiary/aromatic N) is 2. The van der Waals surface area contributed by atoms with Crippen LogP contribution in [-0.2, 0) is 9.59 Å². The average Bonchev–Trinajstić information content (AvgIpc) is 2.47. The third kappa shape index (κ3) is 4.45. The number of hydrogen-bond donors (Lipinski definition) is 2. The smallest absolute Gasteiger partial charge is 0.311 e. The summed E-state index contributed by atoms with van der Waals surface area (Å²) in [6.07, 6.45) is 2.15. The van der Waals surface area contributed by atoms with Crippen molar-refractivity contribution in [1.82, 2.24) is 20.4 Å². The maximum Gasteiger partial charge on any atom is 0.311 e. The molecule has 6 heteroatoms. The summed E-state index contributed by atoms with van der Waals surface area (Å²) in [5, 5.41) is 6.04. The molecule has 0 spiro atoms. The van der Waals surface area contributed by atoms with Gasteiger partial charge in [0.2, 0.25) is 0 Å². The van der Waals surface area contributed by atoms with E-state index in [1.54, 1.807) is 4.90 Å². The van der Waals surface area contributed by atoms with E-state index in [0.717, 1.165) is 45.6 Å². The first-order valence-corrected chi connectivity index (χ1v) is 7.67. The Hall–Kier alpha value is -1.14. The fourth-order valence-corrected chi connectivity index (χ4v) is 2.86. The Morgan fingerprint density at radius 2 is 2.00 bits per heavy atom. The molecule has 0 saturated carbocycles. The van der Waals surface area contributed by atoms with E-state index in [1.807, 2.05) is 0 Å². The van der Waals surface area contributed by atoms with Crippen LogP contribution < -0.4 is 10.6 Å². The fraction of sp³-hybridized carbons (Fsp3) is 0.857. The normalized spacial score (nSPS) is 24.4. The second-order valence-corrected chi connectivity index (χ2v) is 5.85. The first kappa shape index (κ1) is 15.3. The molecule has 2 aliphatic heterocycles. The monoisotopic (exact) mass is 282 g/mol. The molecule has 2 fully saturated rings. The number of carbonyl (C=O) groups is 2. The number of likely N-dealkylation sites (tertiary alicyclic amines) is 1. The number of piperidine rings is 1. The third-order valence-corrected chi connectivity index (χ3v) is 4.06. The Morgan fingerprint density at radius 3 is 2.70 bits per heavy atom.